The Hall–Kier alpha value is -4.47. The smallest absolute Gasteiger partial charge is 0.503 e. The summed E-state index contributed by atoms with van der Waals surface area (Å²) in [5.74, 6) is -2.39. The Bertz CT molecular complexity index is 1450. The van der Waals surface area contributed by atoms with Crippen molar-refractivity contribution in [2.45, 2.75) is 19.3 Å². The zero-order chi connectivity index (χ0) is 24.9. The van der Waals surface area contributed by atoms with Crippen LogP contribution in [0.25, 0.3) is 11.0 Å². The molecule has 0 saturated carbocycles. The summed E-state index contributed by atoms with van der Waals surface area (Å²) in [5, 5.41) is 11.4. The van der Waals surface area contributed by atoms with Gasteiger partial charge in [-0.05, 0) is 55.5 Å². The number of carbonyl (C=O) groups is 2. The lowest BCUT2D eigenvalue weighted by Gasteiger charge is -2.25. The van der Waals surface area contributed by atoms with Crippen LogP contribution in [0.1, 0.15) is 28.1 Å². The van der Waals surface area contributed by atoms with Gasteiger partial charge in [0.2, 0.25) is 5.78 Å². The van der Waals surface area contributed by atoms with Gasteiger partial charge in [-0.25, -0.2) is 0 Å². The topological polar surface area (TPSA) is 93.1 Å². The number of aryl methyl sites for hydroxylation is 1. The van der Waals surface area contributed by atoms with E-state index in [4.69, 9.17) is 8.83 Å². The number of alkyl halides is 3. The van der Waals surface area contributed by atoms with E-state index in [-0.39, 0.29) is 22.8 Å². The SMILES string of the molecule is Cc1ccc(C2C(C(=O)c3cc4ccccc4o3)=C(O)C(=O)N2c2ccc(OC(F)(F)F)cc2)o1. The number of hydrogen-bond donors (Lipinski definition) is 1. The van der Waals surface area contributed by atoms with Gasteiger partial charge in [0.25, 0.3) is 5.91 Å². The second kappa shape index (κ2) is 8.08. The molecule has 1 unspecified atom stereocenters. The fraction of sp³-hybridized carbons (Fsp3) is 0.120. The van der Waals surface area contributed by atoms with Crippen LogP contribution in [-0.2, 0) is 4.79 Å². The number of furan rings is 2. The third kappa shape index (κ3) is 4.03. The van der Waals surface area contributed by atoms with Gasteiger partial charge in [0, 0.05) is 11.1 Å². The Morgan fingerprint density at radius 1 is 1.03 bits per heavy atom. The molecule has 1 aliphatic rings. The lowest BCUT2D eigenvalue weighted by Crippen LogP contribution is -2.30. The highest BCUT2D eigenvalue weighted by atomic mass is 19.4. The van der Waals surface area contributed by atoms with Crippen LogP contribution in [0.5, 0.6) is 5.75 Å². The molecule has 35 heavy (non-hydrogen) atoms. The Morgan fingerprint density at radius 3 is 2.37 bits per heavy atom. The molecule has 1 N–H and O–H groups in total. The number of fused-ring (bicyclic) bond motifs is 1. The number of aliphatic hydroxyl groups is 1. The molecule has 178 valence electrons. The number of Topliss-reactive ketones (excluding diaryl/α,β-unsaturated/α-hetero) is 1. The minimum absolute atomic E-state index is 0.0930. The van der Waals surface area contributed by atoms with E-state index in [1.54, 1.807) is 43.3 Å². The van der Waals surface area contributed by atoms with Gasteiger partial charge in [-0.1, -0.05) is 18.2 Å². The second-order valence-electron chi connectivity index (χ2n) is 7.81. The van der Waals surface area contributed by atoms with Crippen LogP contribution < -0.4 is 9.64 Å². The Balaban J connectivity index is 1.58. The number of carbonyl (C=O) groups excluding carboxylic acids is 2. The molecule has 4 aromatic rings. The highest BCUT2D eigenvalue weighted by Gasteiger charge is 2.47. The zero-order valence-corrected chi connectivity index (χ0v) is 18.0. The maximum absolute atomic E-state index is 13.5. The number of nitrogens with zero attached hydrogens (tertiary/aromatic N) is 1. The van der Waals surface area contributed by atoms with Crippen molar-refractivity contribution in [3.8, 4) is 5.75 Å². The lowest BCUT2D eigenvalue weighted by atomic mass is 9.99. The monoisotopic (exact) mass is 483 g/mol. The maximum atomic E-state index is 13.5. The number of ketones is 1. The highest BCUT2D eigenvalue weighted by molar-refractivity contribution is 6.20. The number of rotatable bonds is 5. The molecule has 10 heteroatoms. The number of aliphatic hydroxyl groups excluding tert-OH is 1. The molecule has 0 saturated heterocycles. The van der Waals surface area contributed by atoms with E-state index in [9.17, 15) is 27.9 Å². The molecule has 0 radical (unpaired) electrons. The van der Waals surface area contributed by atoms with Crippen molar-refractivity contribution in [2.75, 3.05) is 4.90 Å². The zero-order valence-electron chi connectivity index (χ0n) is 18.0. The number of anilines is 1. The largest absolute Gasteiger partial charge is 0.573 e. The van der Waals surface area contributed by atoms with Gasteiger partial charge in [0.15, 0.2) is 11.5 Å². The van der Waals surface area contributed by atoms with Crippen molar-refractivity contribution in [3.63, 3.8) is 0 Å². The fourth-order valence-electron chi connectivity index (χ4n) is 4.01. The molecule has 0 aliphatic carbocycles. The number of para-hydroxylation sites is 1. The minimum atomic E-state index is -4.88. The van der Waals surface area contributed by atoms with Crippen LogP contribution in [0.3, 0.4) is 0 Å². The third-order valence-corrected chi connectivity index (χ3v) is 5.48. The fourth-order valence-corrected chi connectivity index (χ4v) is 4.01. The van der Waals surface area contributed by atoms with Gasteiger partial charge in [0.1, 0.15) is 28.9 Å². The quantitative estimate of drug-likeness (QED) is 0.349. The molecule has 0 bridgehead atoms. The summed E-state index contributed by atoms with van der Waals surface area (Å²) in [5.41, 5.74) is 0.282. The Labute approximate surface area is 195 Å². The van der Waals surface area contributed by atoms with Gasteiger partial charge >= 0.3 is 6.36 Å². The van der Waals surface area contributed by atoms with Crippen LogP contribution in [0, 0.1) is 6.92 Å². The first-order chi connectivity index (χ1) is 16.6. The van der Waals surface area contributed by atoms with Crippen LogP contribution in [0.15, 0.2) is 86.9 Å². The molecule has 0 fully saturated rings. The summed E-state index contributed by atoms with van der Waals surface area (Å²) >= 11 is 0. The number of halogens is 3. The molecule has 1 aliphatic heterocycles. The molecule has 1 amide bonds. The molecule has 2 aromatic carbocycles. The molecule has 1 atom stereocenters. The van der Waals surface area contributed by atoms with E-state index < -0.39 is 35.6 Å². The molecule has 0 spiro atoms. The van der Waals surface area contributed by atoms with Crippen molar-refractivity contribution < 1.29 is 41.4 Å². The van der Waals surface area contributed by atoms with E-state index in [0.29, 0.717) is 16.7 Å². The average molecular weight is 483 g/mol. The normalized spacial score (nSPS) is 16.4. The van der Waals surface area contributed by atoms with E-state index >= 15 is 0 Å². The number of hydrogen-bond acceptors (Lipinski definition) is 6. The van der Waals surface area contributed by atoms with Crippen LogP contribution >= 0.6 is 0 Å². The van der Waals surface area contributed by atoms with E-state index in [1.165, 1.54) is 18.2 Å². The van der Waals surface area contributed by atoms with Crippen LogP contribution in [0.4, 0.5) is 18.9 Å². The van der Waals surface area contributed by atoms with Crippen molar-refractivity contribution in [2.24, 2.45) is 0 Å². The summed E-state index contributed by atoms with van der Waals surface area (Å²) in [6.45, 7) is 1.66. The van der Waals surface area contributed by atoms with Gasteiger partial charge in [-0.3, -0.25) is 14.5 Å². The Morgan fingerprint density at radius 2 is 1.74 bits per heavy atom. The maximum Gasteiger partial charge on any atom is 0.573 e. The summed E-state index contributed by atoms with van der Waals surface area (Å²) < 4.78 is 52.8. The number of ether oxygens (including phenoxy) is 1. The summed E-state index contributed by atoms with van der Waals surface area (Å²) in [6, 6.07) is 14.9. The first kappa shape index (κ1) is 22.3. The molecule has 3 heterocycles. The van der Waals surface area contributed by atoms with Gasteiger partial charge in [0.05, 0.1) is 5.57 Å². The van der Waals surface area contributed by atoms with Crippen molar-refractivity contribution >= 4 is 28.3 Å². The average Bonchev–Trinajstić information content (AvgIpc) is 3.49. The molecule has 5 rings (SSSR count). The summed E-state index contributed by atoms with van der Waals surface area (Å²) in [4.78, 5) is 27.7. The van der Waals surface area contributed by atoms with Crippen molar-refractivity contribution in [1.29, 1.82) is 0 Å². The Kier molecular flexibility index (Phi) is 5.16. The van der Waals surface area contributed by atoms with Gasteiger partial charge < -0.3 is 18.7 Å². The molecule has 7 nitrogen and oxygen atoms in total. The van der Waals surface area contributed by atoms with Crippen molar-refractivity contribution in [1.82, 2.24) is 0 Å². The number of benzene rings is 2. The van der Waals surface area contributed by atoms with E-state index in [0.717, 1.165) is 17.0 Å². The van der Waals surface area contributed by atoms with Crippen LogP contribution in [0.2, 0.25) is 0 Å². The predicted molar refractivity (Wildman–Crippen MR) is 117 cm³/mol. The lowest BCUT2D eigenvalue weighted by molar-refractivity contribution is -0.274. The first-order valence-corrected chi connectivity index (χ1v) is 10.3. The number of amides is 1. The minimum Gasteiger partial charge on any atom is -0.503 e. The van der Waals surface area contributed by atoms with E-state index in [1.807, 2.05) is 0 Å². The second-order valence-corrected chi connectivity index (χ2v) is 7.81. The molecular formula is C25H16F3NO6. The van der Waals surface area contributed by atoms with E-state index in [2.05, 4.69) is 4.74 Å². The van der Waals surface area contributed by atoms with Gasteiger partial charge in [-0.15, -0.1) is 13.2 Å². The predicted octanol–water partition coefficient (Wildman–Crippen LogP) is 6.02. The summed E-state index contributed by atoms with van der Waals surface area (Å²) in [7, 11) is 0. The highest BCUT2D eigenvalue weighted by Crippen LogP contribution is 2.43. The molecular weight excluding hydrogens is 467 g/mol. The van der Waals surface area contributed by atoms with Gasteiger partial charge in [-0.2, -0.15) is 0 Å². The van der Waals surface area contributed by atoms with Crippen LogP contribution in [-0.4, -0.2) is 23.2 Å². The van der Waals surface area contributed by atoms with Crippen molar-refractivity contribution in [3.05, 3.63) is 95.3 Å². The third-order valence-electron chi connectivity index (χ3n) is 5.48. The molecule has 2 aromatic heterocycles. The standard InChI is InChI=1S/C25H16F3NO6/c1-13-6-11-18(33-13)21-20(22(30)19-12-14-4-2-3-5-17(14)34-19)23(31)24(32)29(21)15-7-9-16(10-8-15)35-25(26,27)28/h2-12,21,31H,1H3. The summed E-state index contributed by atoms with van der Waals surface area (Å²) in [6.07, 6.45) is -4.88. The first-order valence-electron chi connectivity index (χ1n) is 10.3.